The highest BCUT2D eigenvalue weighted by Gasteiger charge is 2.24. The minimum atomic E-state index is -0.410. The maximum absolute atomic E-state index is 14.1. The molecule has 5 rings (SSSR count). The Morgan fingerprint density at radius 2 is 2.10 bits per heavy atom. The molecule has 1 aliphatic heterocycles. The molecular formula is C20H15FN4O3S. The molecule has 0 saturated carbocycles. The zero-order valence-electron chi connectivity index (χ0n) is 15.1. The third kappa shape index (κ3) is 3.29. The van der Waals surface area contributed by atoms with Gasteiger partial charge >= 0.3 is 0 Å². The minimum Gasteiger partial charge on any atom is -0.454 e. The fourth-order valence-electron chi connectivity index (χ4n) is 3.12. The largest absolute Gasteiger partial charge is 0.454 e. The number of fused-ring (bicyclic) bond motifs is 2. The molecule has 0 fully saturated rings. The van der Waals surface area contributed by atoms with Gasteiger partial charge in [0.2, 0.25) is 6.79 Å². The van der Waals surface area contributed by atoms with E-state index in [1.807, 2.05) is 12.3 Å². The average Bonchev–Trinajstić information content (AvgIpc) is 3.48. The van der Waals surface area contributed by atoms with E-state index in [1.165, 1.54) is 17.4 Å². The number of carbonyl (C=O) groups excluding carboxylic acids is 1. The van der Waals surface area contributed by atoms with Crippen LogP contribution in [0.3, 0.4) is 0 Å². The zero-order valence-corrected chi connectivity index (χ0v) is 15.9. The van der Waals surface area contributed by atoms with Gasteiger partial charge in [-0.25, -0.2) is 9.37 Å². The Kier molecular flexibility index (Phi) is 4.36. The lowest BCUT2D eigenvalue weighted by atomic mass is 10.2. The van der Waals surface area contributed by atoms with Crippen LogP contribution in [0.15, 0.2) is 54.9 Å². The summed E-state index contributed by atoms with van der Waals surface area (Å²) in [7, 11) is 0. The standard InChI is InChI=1S/C20H15FN4O3S/c21-14-3-1-4-17-18(14)23-20(29-17)25(10-9-24-8-2-7-22-24)19(26)13-5-6-15-16(11-13)28-12-27-15/h1-8,11H,9-10,12H2. The van der Waals surface area contributed by atoms with Gasteiger partial charge in [-0.15, -0.1) is 0 Å². The van der Waals surface area contributed by atoms with Gasteiger partial charge in [-0.3, -0.25) is 14.4 Å². The van der Waals surface area contributed by atoms with Crippen LogP contribution < -0.4 is 14.4 Å². The summed E-state index contributed by atoms with van der Waals surface area (Å²) >= 11 is 1.27. The third-order valence-electron chi connectivity index (χ3n) is 4.57. The lowest BCUT2D eigenvalue weighted by Crippen LogP contribution is -2.34. The fraction of sp³-hybridized carbons (Fsp3) is 0.150. The van der Waals surface area contributed by atoms with Gasteiger partial charge in [0.1, 0.15) is 11.3 Å². The molecule has 0 unspecified atom stereocenters. The number of rotatable bonds is 5. The molecule has 0 spiro atoms. The van der Waals surface area contributed by atoms with Crippen molar-refractivity contribution in [3.63, 3.8) is 0 Å². The number of para-hydroxylation sites is 1. The molecule has 0 aliphatic carbocycles. The Morgan fingerprint density at radius 1 is 1.21 bits per heavy atom. The molecule has 29 heavy (non-hydrogen) atoms. The normalized spacial score (nSPS) is 12.4. The summed E-state index contributed by atoms with van der Waals surface area (Å²) in [5.74, 6) is 0.465. The number of hydrogen-bond acceptors (Lipinski definition) is 6. The highest BCUT2D eigenvalue weighted by molar-refractivity contribution is 7.22. The first kappa shape index (κ1) is 17.6. The molecule has 4 aromatic rings. The summed E-state index contributed by atoms with van der Waals surface area (Å²) in [4.78, 5) is 19.3. The molecule has 0 bridgehead atoms. The van der Waals surface area contributed by atoms with Crippen LogP contribution in [0.5, 0.6) is 11.5 Å². The lowest BCUT2D eigenvalue weighted by Gasteiger charge is -2.20. The molecule has 0 atom stereocenters. The van der Waals surface area contributed by atoms with Crippen molar-refractivity contribution in [2.24, 2.45) is 0 Å². The van der Waals surface area contributed by atoms with Crippen molar-refractivity contribution in [3.8, 4) is 11.5 Å². The van der Waals surface area contributed by atoms with Crippen LogP contribution in [-0.4, -0.2) is 34.0 Å². The number of nitrogens with zero attached hydrogens (tertiary/aromatic N) is 4. The van der Waals surface area contributed by atoms with Gasteiger partial charge in [0.15, 0.2) is 16.6 Å². The summed E-state index contributed by atoms with van der Waals surface area (Å²) in [6, 6.07) is 11.6. The first-order valence-corrected chi connectivity index (χ1v) is 9.75. The second-order valence-electron chi connectivity index (χ2n) is 6.38. The highest BCUT2D eigenvalue weighted by atomic mass is 32.1. The zero-order chi connectivity index (χ0) is 19.8. The first-order valence-electron chi connectivity index (χ1n) is 8.93. The molecule has 146 valence electrons. The topological polar surface area (TPSA) is 69.5 Å². The van der Waals surface area contributed by atoms with Crippen LogP contribution in [0.4, 0.5) is 9.52 Å². The van der Waals surface area contributed by atoms with Crippen molar-refractivity contribution in [3.05, 3.63) is 66.2 Å². The number of anilines is 1. The van der Waals surface area contributed by atoms with E-state index >= 15 is 0 Å². The Hall–Kier alpha value is -3.46. The van der Waals surface area contributed by atoms with Crippen LogP contribution >= 0.6 is 11.3 Å². The molecule has 0 N–H and O–H groups in total. The lowest BCUT2D eigenvalue weighted by molar-refractivity contribution is 0.0985. The summed E-state index contributed by atoms with van der Waals surface area (Å²) in [6.07, 6.45) is 3.50. The number of carbonyl (C=O) groups is 1. The van der Waals surface area contributed by atoms with E-state index in [4.69, 9.17) is 9.47 Å². The number of thiazole rings is 1. The van der Waals surface area contributed by atoms with Crippen molar-refractivity contribution in [1.82, 2.24) is 14.8 Å². The monoisotopic (exact) mass is 410 g/mol. The SMILES string of the molecule is O=C(c1ccc2c(c1)OCO2)N(CCn1cccn1)c1nc2c(F)cccc2s1. The number of benzene rings is 2. The number of aromatic nitrogens is 3. The first-order chi connectivity index (χ1) is 14.2. The molecule has 7 nitrogen and oxygen atoms in total. The molecule has 0 radical (unpaired) electrons. The molecule has 2 aromatic carbocycles. The summed E-state index contributed by atoms with van der Waals surface area (Å²) in [6.45, 7) is 0.936. The average molecular weight is 410 g/mol. The quantitative estimate of drug-likeness (QED) is 0.502. The van der Waals surface area contributed by atoms with Crippen LogP contribution in [0.2, 0.25) is 0 Å². The van der Waals surface area contributed by atoms with E-state index in [9.17, 15) is 9.18 Å². The van der Waals surface area contributed by atoms with E-state index in [-0.39, 0.29) is 18.2 Å². The maximum Gasteiger partial charge on any atom is 0.260 e. The van der Waals surface area contributed by atoms with Crippen LogP contribution in [0.1, 0.15) is 10.4 Å². The van der Waals surface area contributed by atoms with Gasteiger partial charge in [0.25, 0.3) is 5.91 Å². The Bertz CT molecular complexity index is 1190. The smallest absolute Gasteiger partial charge is 0.260 e. The van der Waals surface area contributed by atoms with E-state index in [0.717, 1.165) is 0 Å². The van der Waals surface area contributed by atoms with E-state index in [1.54, 1.807) is 46.1 Å². The highest BCUT2D eigenvalue weighted by Crippen LogP contribution is 2.35. The summed E-state index contributed by atoms with van der Waals surface area (Å²) in [5.41, 5.74) is 0.699. The Labute approximate surface area is 168 Å². The summed E-state index contributed by atoms with van der Waals surface area (Å²) < 4.78 is 27.3. The van der Waals surface area contributed by atoms with Gasteiger partial charge in [0, 0.05) is 24.5 Å². The van der Waals surface area contributed by atoms with Gasteiger partial charge in [0.05, 0.1) is 11.2 Å². The maximum atomic E-state index is 14.1. The Balaban J connectivity index is 1.51. The predicted molar refractivity (Wildman–Crippen MR) is 106 cm³/mol. The van der Waals surface area contributed by atoms with Crippen molar-refractivity contribution in [2.75, 3.05) is 18.2 Å². The molecule has 0 saturated heterocycles. The number of ether oxygens (including phenoxy) is 2. The molecular weight excluding hydrogens is 395 g/mol. The molecule has 3 heterocycles. The minimum absolute atomic E-state index is 0.132. The third-order valence-corrected chi connectivity index (χ3v) is 5.61. The van der Waals surface area contributed by atoms with Crippen molar-refractivity contribution in [2.45, 2.75) is 6.54 Å². The second kappa shape index (κ2) is 7.17. The van der Waals surface area contributed by atoms with Crippen molar-refractivity contribution in [1.29, 1.82) is 0 Å². The Morgan fingerprint density at radius 3 is 2.93 bits per heavy atom. The van der Waals surface area contributed by atoms with E-state index in [0.29, 0.717) is 40.0 Å². The number of hydrogen-bond donors (Lipinski definition) is 0. The van der Waals surface area contributed by atoms with Gasteiger partial charge in [-0.2, -0.15) is 5.10 Å². The number of halogens is 1. The van der Waals surface area contributed by atoms with Crippen molar-refractivity contribution >= 4 is 32.6 Å². The van der Waals surface area contributed by atoms with Crippen LogP contribution in [0.25, 0.3) is 10.2 Å². The molecule has 1 aliphatic rings. The van der Waals surface area contributed by atoms with Crippen LogP contribution in [0, 0.1) is 5.82 Å². The fourth-order valence-corrected chi connectivity index (χ4v) is 4.13. The summed E-state index contributed by atoms with van der Waals surface area (Å²) in [5, 5.41) is 4.61. The number of amides is 1. The molecule has 9 heteroatoms. The predicted octanol–water partition coefficient (Wildman–Crippen LogP) is 3.71. The second-order valence-corrected chi connectivity index (χ2v) is 7.39. The van der Waals surface area contributed by atoms with Gasteiger partial charge < -0.3 is 9.47 Å². The molecule has 2 aromatic heterocycles. The van der Waals surface area contributed by atoms with E-state index < -0.39 is 5.82 Å². The van der Waals surface area contributed by atoms with Gasteiger partial charge in [-0.05, 0) is 36.4 Å². The molecule has 1 amide bonds. The van der Waals surface area contributed by atoms with Gasteiger partial charge in [-0.1, -0.05) is 17.4 Å². The van der Waals surface area contributed by atoms with Crippen LogP contribution in [-0.2, 0) is 6.54 Å². The van der Waals surface area contributed by atoms with Crippen molar-refractivity contribution < 1.29 is 18.7 Å². The van der Waals surface area contributed by atoms with E-state index in [2.05, 4.69) is 10.1 Å².